The molecule has 0 aliphatic heterocycles. The Bertz CT molecular complexity index is 744. The average Bonchev–Trinajstić information content (AvgIpc) is 2.85. The molecule has 0 amide bonds. The van der Waals surface area contributed by atoms with E-state index in [-0.39, 0.29) is 0 Å². The summed E-state index contributed by atoms with van der Waals surface area (Å²) in [6.07, 6.45) is 1.71. The number of benzene rings is 1. The van der Waals surface area contributed by atoms with Crippen molar-refractivity contribution in [2.45, 2.75) is 39.5 Å². The predicted molar refractivity (Wildman–Crippen MR) is 75.3 cm³/mol. The highest BCUT2D eigenvalue weighted by molar-refractivity contribution is 5.99. The van der Waals surface area contributed by atoms with Crippen molar-refractivity contribution in [3.8, 4) is 0 Å². The van der Waals surface area contributed by atoms with Gasteiger partial charge in [0.1, 0.15) is 5.52 Å². The second kappa shape index (κ2) is 4.30. The van der Waals surface area contributed by atoms with Crippen LogP contribution in [0.5, 0.6) is 0 Å². The molecule has 0 unspecified atom stereocenters. The maximum absolute atomic E-state index is 5.31. The van der Waals surface area contributed by atoms with Gasteiger partial charge < -0.3 is 4.52 Å². The zero-order valence-electron chi connectivity index (χ0n) is 11.6. The third-order valence-electron chi connectivity index (χ3n) is 3.31. The van der Waals surface area contributed by atoms with E-state index in [2.05, 4.69) is 32.9 Å². The van der Waals surface area contributed by atoms with E-state index in [0.29, 0.717) is 11.8 Å². The van der Waals surface area contributed by atoms with Crippen LogP contribution < -0.4 is 0 Å². The van der Waals surface area contributed by atoms with E-state index in [1.54, 1.807) is 6.20 Å². The lowest BCUT2D eigenvalue weighted by Crippen LogP contribution is -2.05. The standard InChI is InChI=1S/C15H17N3O/c1-8(2)12-13(9(3)4)18-14-11(17-12)6-5-10-7-16-19-15(10)14/h5-9H,1-4H3. The van der Waals surface area contributed by atoms with Gasteiger partial charge in [0, 0.05) is 5.39 Å². The summed E-state index contributed by atoms with van der Waals surface area (Å²) in [5.41, 5.74) is 4.52. The summed E-state index contributed by atoms with van der Waals surface area (Å²) in [4.78, 5) is 9.58. The lowest BCUT2D eigenvalue weighted by atomic mass is 10.00. The Kier molecular flexibility index (Phi) is 2.73. The number of aromatic nitrogens is 3. The molecule has 0 spiro atoms. The molecule has 0 fully saturated rings. The molecule has 4 heteroatoms. The zero-order valence-corrected chi connectivity index (χ0v) is 11.6. The van der Waals surface area contributed by atoms with Crippen LogP contribution in [0.1, 0.15) is 50.9 Å². The Hall–Kier alpha value is -1.97. The molecule has 0 bridgehead atoms. The van der Waals surface area contributed by atoms with Crippen LogP contribution in [0, 0.1) is 0 Å². The number of nitrogens with zero attached hydrogens (tertiary/aromatic N) is 3. The summed E-state index contributed by atoms with van der Waals surface area (Å²) < 4.78 is 5.31. The highest BCUT2D eigenvalue weighted by Crippen LogP contribution is 2.28. The van der Waals surface area contributed by atoms with E-state index < -0.39 is 0 Å². The highest BCUT2D eigenvalue weighted by atomic mass is 16.5. The van der Waals surface area contributed by atoms with E-state index in [1.165, 1.54) is 0 Å². The molecule has 3 aromatic rings. The fraction of sp³-hybridized carbons (Fsp3) is 0.400. The van der Waals surface area contributed by atoms with Crippen LogP contribution in [0.2, 0.25) is 0 Å². The van der Waals surface area contributed by atoms with Crippen molar-refractivity contribution >= 4 is 22.0 Å². The first-order valence-electron chi connectivity index (χ1n) is 6.63. The fourth-order valence-electron chi connectivity index (χ4n) is 2.32. The van der Waals surface area contributed by atoms with Gasteiger partial charge in [0.2, 0.25) is 0 Å². The molecular weight excluding hydrogens is 238 g/mol. The van der Waals surface area contributed by atoms with Crippen molar-refractivity contribution in [3.05, 3.63) is 29.7 Å². The van der Waals surface area contributed by atoms with Gasteiger partial charge in [0.15, 0.2) is 5.58 Å². The smallest absolute Gasteiger partial charge is 0.194 e. The average molecular weight is 255 g/mol. The molecule has 0 saturated carbocycles. The van der Waals surface area contributed by atoms with Crippen molar-refractivity contribution < 1.29 is 4.52 Å². The molecule has 98 valence electrons. The molecule has 0 radical (unpaired) electrons. The lowest BCUT2D eigenvalue weighted by molar-refractivity contribution is 0.458. The number of fused-ring (bicyclic) bond motifs is 3. The van der Waals surface area contributed by atoms with Gasteiger partial charge in [-0.15, -0.1) is 0 Å². The summed E-state index contributed by atoms with van der Waals surface area (Å²) in [5.74, 6) is 0.701. The summed E-state index contributed by atoms with van der Waals surface area (Å²) in [5, 5.41) is 4.81. The van der Waals surface area contributed by atoms with Crippen LogP contribution in [-0.2, 0) is 0 Å². The van der Waals surface area contributed by atoms with Crippen LogP contribution in [0.4, 0.5) is 0 Å². The minimum absolute atomic E-state index is 0.340. The Morgan fingerprint density at radius 3 is 2.32 bits per heavy atom. The van der Waals surface area contributed by atoms with Crippen molar-refractivity contribution in [3.63, 3.8) is 0 Å². The van der Waals surface area contributed by atoms with Gasteiger partial charge in [0.25, 0.3) is 0 Å². The van der Waals surface area contributed by atoms with Gasteiger partial charge in [-0.3, -0.25) is 0 Å². The largest absolute Gasteiger partial charge is 0.354 e. The molecule has 0 saturated heterocycles. The normalized spacial score (nSPS) is 12.1. The first kappa shape index (κ1) is 12.1. The lowest BCUT2D eigenvalue weighted by Gasteiger charge is -2.14. The van der Waals surface area contributed by atoms with E-state index in [1.807, 2.05) is 12.1 Å². The Morgan fingerprint density at radius 2 is 1.63 bits per heavy atom. The number of rotatable bonds is 2. The first-order valence-corrected chi connectivity index (χ1v) is 6.63. The SMILES string of the molecule is CC(C)c1nc2ccc3cnoc3c2nc1C(C)C. The van der Waals surface area contributed by atoms with Gasteiger partial charge in [-0.2, -0.15) is 0 Å². The minimum atomic E-state index is 0.340. The highest BCUT2D eigenvalue weighted by Gasteiger charge is 2.17. The summed E-state index contributed by atoms with van der Waals surface area (Å²) in [6.45, 7) is 8.58. The molecule has 0 atom stereocenters. The van der Waals surface area contributed by atoms with Gasteiger partial charge in [-0.25, -0.2) is 9.97 Å². The predicted octanol–water partition coefficient (Wildman–Crippen LogP) is 4.02. The summed E-state index contributed by atoms with van der Waals surface area (Å²) >= 11 is 0. The molecule has 4 nitrogen and oxygen atoms in total. The minimum Gasteiger partial charge on any atom is -0.354 e. The van der Waals surface area contributed by atoms with Crippen molar-refractivity contribution in [1.29, 1.82) is 0 Å². The summed E-state index contributed by atoms with van der Waals surface area (Å²) in [6, 6.07) is 3.96. The fourth-order valence-corrected chi connectivity index (χ4v) is 2.32. The molecule has 0 aliphatic carbocycles. The van der Waals surface area contributed by atoms with Crippen LogP contribution in [0.3, 0.4) is 0 Å². The van der Waals surface area contributed by atoms with Gasteiger partial charge in [-0.1, -0.05) is 32.9 Å². The van der Waals surface area contributed by atoms with Crippen molar-refractivity contribution in [1.82, 2.24) is 15.1 Å². The van der Waals surface area contributed by atoms with E-state index in [9.17, 15) is 0 Å². The number of hydrogen-bond donors (Lipinski definition) is 0. The maximum Gasteiger partial charge on any atom is 0.194 e. The third-order valence-corrected chi connectivity index (χ3v) is 3.31. The van der Waals surface area contributed by atoms with Crippen LogP contribution in [0.15, 0.2) is 22.9 Å². The number of hydrogen-bond acceptors (Lipinski definition) is 4. The second-order valence-electron chi connectivity index (χ2n) is 5.48. The molecule has 1 aromatic carbocycles. The topological polar surface area (TPSA) is 51.8 Å². The molecular formula is C15H17N3O. The van der Waals surface area contributed by atoms with E-state index in [4.69, 9.17) is 14.5 Å². The molecule has 2 heterocycles. The first-order chi connectivity index (χ1) is 9.08. The maximum atomic E-state index is 5.31. The van der Waals surface area contributed by atoms with Crippen LogP contribution in [-0.4, -0.2) is 15.1 Å². The molecule has 3 rings (SSSR count). The van der Waals surface area contributed by atoms with E-state index in [0.717, 1.165) is 33.4 Å². The molecule has 0 aliphatic rings. The van der Waals surface area contributed by atoms with Crippen LogP contribution >= 0.6 is 0 Å². The second-order valence-corrected chi connectivity index (χ2v) is 5.48. The van der Waals surface area contributed by atoms with E-state index >= 15 is 0 Å². The van der Waals surface area contributed by atoms with Gasteiger partial charge in [0.05, 0.1) is 23.1 Å². The van der Waals surface area contributed by atoms with Crippen molar-refractivity contribution in [2.75, 3.05) is 0 Å². The van der Waals surface area contributed by atoms with Gasteiger partial charge in [-0.05, 0) is 24.0 Å². The third kappa shape index (κ3) is 1.87. The zero-order chi connectivity index (χ0) is 13.6. The van der Waals surface area contributed by atoms with Crippen molar-refractivity contribution in [2.24, 2.45) is 0 Å². The Labute approximate surface area is 111 Å². The molecule has 0 N–H and O–H groups in total. The summed E-state index contributed by atoms with van der Waals surface area (Å²) in [7, 11) is 0. The molecule has 19 heavy (non-hydrogen) atoms. The molecule has 2 aromatic heterocycles. The van der Waals surface area contributed by atoms with Crippen LogP contribution in [0.25, 0.3) is 22.0 Å². The Morgan fingerprint density at radius 1 is 0.947 bits per heavy atom. The monoisotopic (exact) mass is 255 g/mol. The quantitative estimate of drug-likeness (QED) is 0.694. The van der Waals surface area contributed by atoms with Gasteiger partial charge >= 0.3 is 0 Å². The Balaban J connectivity index is 2.40.